The first-order chi connectivity index (χ1) is 21.7. The van der Waals surface area contributed by atoms with Crippen LogP contribution in [0.15, 0.2) is 41.2 Å². The second-order valence-electron chi connectivity index (χ2n) is 9.17. The minimum atomic E-state index is -0.563. The Labute approximate surface area is 292 Å². The van der Waals surface area contributed by atoms with E-state index in [1.165, 1.54) is 0 Å². The number of carbonyl (C=O) groups is 1. The van der Waals surface area contributed by atoms with E-state index in [1.807, 2.05) is 45.0 Å². The summed E-state index contributed by atoms with van der Waals surface area (Å²) in [5, 5.41) is 9.82. The molecular weight excluding hydrogens is 704 g/mol. The number of ether oxygens (including phenoxy) is 1. The van der Waals surface area contributed by atoms with Crippen molar-refractivity contribution in [2.75, 3.05) is 11.4 Å². The number of aliphatic hydroxyl groups is 1. The molecule has 248 valence electrons. The molecule has 1 atom stereocenters. The van der Waals surface area contributed by atoms with Gasteiger partial charge in [0.05, 0.1) is 22.5 Å². The molecule has 4 radical (unpaired) electrons. The number of hydrogen-bond donors (Lipinski definition) is 2. The maximum atomic E-state index is 12.5. The van der Waals surface area contributed by atoms with Gasteiger partial charge in [-0.05, 0) is 87.2 Å². The van der Waals surface area contributed by atoms with Crippen molar-refractivity contribution in [2.24, 2.45) is 0 Å². The number of benzene rings is 2. The Morgan fingerprint density at radius 3 is 1.96 bits per heavy atom. The van der Waals surface area contributed by atoms with E-state index in [4.69, 9.17) is 39.2 Å². The minimum Gasteiger partial charge on any atom is -0.456 e. The Morgan fingerprint density at radius 1 is 1.00 bits per heavy atom. The predicted octanol–water partition coefficient (Wildman–Crippen LogP) is 3.43. The summed E-state index contributed by atoms with van der Waals surface area (Å²) in [5.41, 5.74) is 3.26. The standard InChI is InChI=1S/C26H27N3O4.6CO.2Co/c1-5-12-29(18-9-6-16(7-10-18)25(32)33-26(2,3)4)22-11-8-17-13-21-20(14-19(17)22)24(31)28-23(15-30)27-21;6*1-2;;/h1,6-7,9-10,13-14,22,30H,8,11-12,15H2,2-4H3,(H,27,28,31);;;;;;;;. The van der Waals surface area contributed by atoms with Crippen LogP contribution in [0.4, 0.5) is 5.69 Å². The van der Waals surface area contributed by atoms with Crippen LogP contribution in [0.3, 0.4) is 0 Å². The van der Waals surface area contributed by atoms with E-state index in [9.17, 15) is 14.7 Å². The smallest absolute Gasteiger partial charge is 0.338 e. The monoisotopic (exact) mass is 731 g/mol. The van der Waals surface area contributed by atoms with E-state index >= 15 is 0 Å². The third-order valence-electron chi connectivity index (χ3n) is 5.68. The molecule has 0 spiro atoms. The van der Waals surface area contributed by atoms with E-state index < -0.39 is 5.60 Å². The predicted molar refractivity (Wildman–Crippen MR) is 149 cm³/mol. The molecule has 2 aromatic carbocycles. The Morgan fingerprint density at radius 2 is 1.51 bits per heavy atom. The average Bonchev–Trinajstić information content (AvgIpc) is 3.50. The van der Waals surface area contributed by atoms with Gasteiger partial charge in [-0.15, -0.1) is 0 Å². The molecule has 47 heavy (non-hydrogen) atoms. The van der Waals surface area contributed by atoms with Crippen LogP contribution < -0.4 is 10.5 Å². The van der Waals surface area contributed by atoms with Crippen LogP contribution in [0.25, 0.3) is 10.9 Å². The summed E-state index contributed by atoms with van der Waals surface area (Å²) in [7, 11) is 0. The van der Waals surface area contributed by atoms with Crippen LogP contribution in [-0.4, -0.2) is 33.2 Å². The zero-order valence-electron chi connectivity index (χ0n) is 25.1. The van der Waals surface area contributed by atoms with E-state index in [0.29, 0.717) is 23.0 Å². The van der Waals surface area contributed by atoms with E-state index in [0.717, 1.165) is 29.7 Å². The first-order valence-corrected chi connectivity index (χ1v) is 12.1. The summed E-state index contributed by atoms with van der Waals surface area (Å²) in [6.45, 7) is 38.3. The van der Waals surface area contributed by atoms with Crippen LogP contribution in [0.5, 0.6) is 0 Å². The van der Waals surface area contributed by atoms with Gasteiger partial charge in [-0.1, -0.05) is 6.58 Å². The van der Waals surface area contributed by atoms with Crippen molar-refractivity contribution in [3.05, 3.63) is 122 Å². The number of hydrogen-bond acceptors (Lipinski definition) is 6. The summed E-state index contributed by atoms with van der Waals surface area (Å²) in [5.74, 6) is -0.120. The fourth-order valence-electron chi connectivity index (χ4n) is 4.27. The van der Waals surface area contributed by atoms with Crippen molar-refractivity contribution in [1.82, 2.24) is 9.97 Å². The fourth-order valence-corrected chi connectivity index (χ4v) is 4.27. The number of rotatable bonds is 6. The molecule has 0 aliphatic heterocycles. The molecule has 13 nitrogen and oxygen atoms in total. The van der Waals surface area contributed by atoms with Crippen molar-refractivity contribution in [3.8, 4) is 0 Å². The van der Waals surface area contributed by atoms with Gasteiger partial charge in [0.2, 0.25) is 0 Å². The second kappa shape index (κ2) is 29.4. The van der Waals surface area contributed by atoms with Crippen molar-refractivity contribution in [1.29, 1.82) is 0 Å². The largest absolute Gasteiger partial charge is 0.456 e. The summed E-state index contributed by atoms with van der Waals surface area (Å²) in [6.07, 6.45) is 4.40. The summed E-state index contributed by atoms with van der Waals surface area (Å²) < 4.78 is 50.4. The van der Waals surface area contributed by atoms with Crippen molar-refractivity contribution >= 4 is 22.6 Å². The van der Waals surface area contributed by atoms with Crippen LogP contribution in [0, 0.1) is 52.6 Å². The molecule has 4 rings (SSSR count). The Hall–Kier alpha value is -4.00. The number of aromatic amines is 1. The molecule has 2 N–H and O–H groups in total. The molecule has 1 aliphatic rings. The minimum absolute atomic E-state index is 0. The molecule has 15 heteroatoms. The summed E-state index contributed by atoms with van der Waals surface area (Å²) in [6, 6.07) is 11.0. The topological polar surface area (TPSA) is 215 Å². The molecule has 0 fully saturated rings. The Kier molecular flexibility index (Phi) is 32.9. The fraction of sp³-hybridized carbons (Fsp3) is 0.281. The van der Waals surface area contributed by atoms with Crippen LogP contribution in [-0.2, 0) is 79.2 Å². The van der Waals surface area contributed by atoms with Crippen LogP contribution >= 0.6 is 0 Å². The van der Waals surface area contributed by atoms with Gasteiger partial charge in [-0.25, -0.2) is 9.78 Å². The quantitative estimate of drug-likeness (QED) is 0.220. The number of aliphatic hydroxyl groups excluding tert-OH is 1. The number of esters is 1. The van der Waals surface area contributed by atoms with Gasteiger partial charge in [-0.3, -0.25) is 4.79 Å². The van der Waals surface area contributed by atoms with Gasteiger partial charge >= 0.3 is 73.8 Å². The number of aryl methyl sites for hydroxylation is 1. The van der Waals surface area contributed by atoms with Crippen LogP contribution in [0.2, 0.25) is 0 Å². The number of nitrogens with one attached hydrogen (secondary N) is 1. The maximum Gasteiger partial charge on any atom is 0.338 e. The average molecular weight is 731 g/mol. The van der Waals surface area contributed by atoms with Gasteiger partial charge in [0.25, 0.3) is 5.56 Å². The second-order valence-corrected chi connectivity index (χ2v) is 9.17. The molecule has 0 saturated carbocycles. The number of carbonyl (C=O) groups excluding carboxylic acids is 1. The number of aromatic nitrogens is 2. The Bertz CT molecular complexity index is 1510. The van der Waals surface area contributed by atoms with Crippen molar-refractivity contribution in [2.45, 2.75) is 51.9 Å². The Balaban J connectivity index is -0.000000379. The number of anilines is 1. The molecular formula is C32H27Co2N3O10. The number of fused-ring (bicyclic) bond motifs is 2. The number of nitrogens with zero attached hydrogens (tertiary/aromatic N) is 2. The van der Waals surface area contributed by atoms with Gasteiger partial charge in [0.1, 0.15) is 18.0 Å². The van der Waals surface area contributed by atoms with E-state index in [2.05, 4.69) is 60.8 Å². The van der Waals surface area contributed by atoms with Gasteiger partial charge < -0.3 is 19.7 Å². The zero-order valence-corrected chi connectivity index (χ0v) is 27.2. The van der Waals surface area contributed by atoms with Gasteiger partial charge in [-0.2, -0.15) is 0 Å². The molecule has 0 bridgehead atoms. The molecule has 0 amide bonds. The molecule has 0 saturated heterocycles. The third kappa shape index (κ3) is 15.9. The number of H-pyrrole nitrogens is 1. The zero-order chi connectivity index (χ0) is 35.8. The SMILES string of the molecule is [C-]#[O+].[C-]#[O+].[C-]#[O+].[C-]#[O+].[C-]#[O+].[C-]#[O+].[CH]=[C]CN(c1ccc(C(=O)OC(C)(C)C)cc1)C1CCc2cc3nc(CO)[nH]c(=O)c3cc21.[Co].[Co]. The summed E-state index contributed by atoms with van der Waals surface area (Å²) in [4.78, 5) is 34.0. The molecule has 1 heterocycles. The molecule has 1 unspecified atom stereocenters. The normalized spacial score (nSPS) is 11.0. The van der Waals surface area contributed by atoms with Crippen molar-refractivity contribution in [3.63, 3.8) is 0 Å². The first kappa shape index (κ1) is 52.5. The first-order valence-electron chi connectivity index (χ1n) is 12.1. The van der Waals surface area contributed by atoms with Crippen molar-refractivity contribution < 1.29 is 76.1 Å². The van der Waals surface area contributed by atoms with E-state index in [-0.39, 0.29) is 63.6 Å². The van der Waals surface area contributed by atoms with Gasteiger partial charge in [0.15, 0.2) is 0 Å². The third-order valence-corrected chi connectivity index (χ3v) is 5.68. The summed E-state index contributed by atoms with van der Waals surface area (Å²) >= 11 is 0. The maximum absolute atomic E-state index is 12.5. The van der Waals surface area contributed by atoms with E-state index in [1.54, 1.807) is 12.1 Å². The van der Waals surface area contributed by atoms with Gasteiger partial charge in [0, 0.05) is 45.8 Å². The molecule has 3 aromatic rings. The molecule has 1 aromatic heterocycles. The van der Waals surface area contributed by atoms with Crippen LogP contribution in [0.1, 0.15) is 60.5 Å². The molecule has 1 aliphatic carbocycles.